The minimum atomic E-state index is -0.833. The van der Waals surface area contributed by atoms with Crippen molar-refractivity contribution >= 4 is 28.3 Å². The lowest BCUT2D eigenvalue weighted by molar-refractivity contribution is 0.103. The van der Waals surface area contributed by atoms with Gasteiger partial charge in [0, 0.05) is 29.0 Å². The molecule has 0 aliphatic carbocycles. The van der Waals surface area contributed by atoms with E-state index in [0.717, 1.165) is 11.3 Å². The second kappa shape index (κ2) is 6.60. The van der Waals surface area contributed by atoms with E-state index < -0.39 is 11.7 Å². The minimum absolute atomic E-state index is 0.0926. The first-order chi connectivity index (χ1) is 13.0. The van der Waals surface area contributed by atoms with Gasteiger partial charge in [0.05, 0.1) is 17.4 Å². The van der Waals surface area contributed by atoms with Crippen LogP contribution in [0.3, 0.4) is 0 Å². The maximum Gasteiger partial charge on any atom is 0.226 e. The summed E-state index contributed by atoms with van der Waals surface area (Å²) in [6.07, 6.45) is 4.88. The lowest BCUT2D eigenvalue weighted by atomic mass is 10.0. The van der Waals surface area contributed by atoms with Crippen molar-refractivity contribution in [1.82, 2.24) is 19.9 Å². The van der Waals surface area contributed by atoms with Gasteiger partial charge in [0.25, 0.3) is 0 Å². The number of carbonyl (C=O) groups excluding carboxylic acids is 1. The fourth-order valence-corrected chi connectivity index (χ4v) is 2.80. The molecule has 0 amide bonds. The first kappa shape index (κ1) is 16.8. The quantitative estimate of drug-likeness (QED) is 0.423. The van der Waals surface area contributed by atoms with Crippen molar-refractivity contribution in [3.05, 3.63) is 77.3 Å². The van der Waals surface area contributed by atoms with Gasteiger partial charge in [0.2, 0.25) is 5.95 Å². The third-order valence-electron chi connectivity index (χ3n) is 4.19. The molecule has 0 spiro atoms. The number of fused-ring (bicyclic) bond motifs is 1. The largest absolute Gasteiger partial charge is 0.345 e. The molecule has 0 aromatic carbocycles. The number of nitrogens with zero attached hydrogens (tertiary/aromatic N) is 3. The van der Waals surface area contributed by atoms with E-state index in [1.54, 1.807) is 24.7 Å². The molecule has 0 radical (unpaired) electrons. The Bertz CT molecular complexity index is 1150. The van der Waals surface area contributed by atoms with Crippen LogP contribution in [0.5, 0.6) is 0 Å². The number of ketones is 1. The molecule has 0 fully saturated rings. The van der Waals surface area contributed by atoms with Crippen LogP contribution in [-0.2, 0) is 0 Å². The van der Waals surface area contributed by atoms with Crippen LogP contribution in [-0.4, -0.2) is 25.7 Å². The highest BCUT2D eigenvalue weighted by Gasteiger charge is 2.19. The highest BCUT2D eigenvalue weighted by atomic mass is 19.1. The first-order valence-corrected chi connectivity index (χ1v) is 8.36. The molecule has 0 aliphatic heterocycles. The van der Waals surface area contributed by atoms with Gasteiger partial charge in [-0.3, -0.25) is 9.78 Å². The highest BCUT2D eigenvalue weighted by Crippen LogP contribution is 2.23. The number of aryl methyl sites for hydroxylation is 2. The van der Waals surface area contributed by atoms with Crippen molar-refractivity contribution in [2.24, 2.45) is 0 Å². The highest BCUT2D eigenvalue weighted by molar-refractivity contribution is 6.16. The number of halogens is 1. The standard InChI is InChI=1S/C20H16FN5O/c1-11-7-15-16(10-24-20(15)23-8-11)18(27)14-5-6-17(26-19(14)21)25-13-4-3-12(2)22-9-13/h3-10H,1-2H3,(H,23,24)(H,25,26). The van der Waals surface area contributed by atoms with Gasteiger partial charge in [-0.2, -0.15) is 4.39 Å². The molecule has 4 aromatic heterocycles. The van der Waals surface area contributed by atoms with Gasteiger partial charge >= 0.3 is 0 Å². The lowest BCUT2D eigenvalue weighted by Gasteiger charge is -2.07. The van der Waals surface area contributed by atoms with E-state index in [0.29, 0.717) is 28.1 Å². The fourth-order valence-electron chi connectivity index (χ4n) is 2.80. The van der Waals surface area contributed by atoms with Crippen molar-refractivity contribution in [2.45, 2.75) is 13.8 Å². The summed E-state index contributed by atoms with van der Waals surface area (Å²) in [4.78, 5) is 28.0. The molecule has 6 nitrogen and oxygen atoms in total. The van der Waals surface area contributed by atoms with Gasteiger partial charge < -0.3 is 10.3 Å². The summed E-state index contributed by atoms with van der Waals surface area (Å²) in [7, 11) is 0. The molecular formula is C20H16FN5O. The second-order valence-electron chi connectivity index (χ2n) is 6.29. The van der Waals surface area contributed by atoms with E-state index in [9.17, 15) is 9.18 Å². The van der Waals surface area contributed by atoms with Crippen LogP contribution in [0, 0.1) is 19.8 Å². The van der Waals surface area contributed by atoms with Crippen LogP contribution in [0.4, 0.5) is 15.9 Å². The van der Waals surface area contributed by atoms with Crippen molar-refractivity contribution in [2.75, 3.05) is 5.32 Å². The Morgan fingerprint density at radius 2 is 1.93 bits per heavy atom. The number of aromatic nitrogens is 4. The van der Waals surface area contributed by atoms with E-state index >= 15 is 0 Å². The average Bonchev–Trinajstić information content (AvgIpc) is 3.06. The predicted octanol–water partition coefficient (Wildman–Crippen LogP) is 4.08. The molecule has 0 atom stereocenters. The van der Waals surface area contributed by atoms with E-state index in [1.165, 1.54) is 6.07 Å². The van der Waals surface area contributed by atoms with Gasteiger partial charge in [-0.15, -0.1) is 0 Å². The number of rotatable bonds is 4. The minimum Gasteiger partial charge on any atom is -0.345 e. The van der Waals surface area contributed by atoms with Gasteiger partial charge in [0.15, 0.2) is 5.78 Å². The monoisotopic (exact) mass is 361 g/mol. The first-order valence-electron chi connectivity index (χ1n) is 8.36. The summed E-state index contributed by atoms with van der Waals surface area (Å²) < 4.78 is 14.5. The third kappa shape index (κ3) is 3.27. The number of pyridine rings is 3. The zero-order valence-electron chi connectivity index (χ0n) is 14.7. The third-order valence-corrected chi connectivity index (χ3v) is 4.19. The Hall–Kier alpha value is -3.61. The van der Waals surface area contributed by atoms with Gasteiger partial charge in [-0.1, -0.05) is 0 Å². The Kier molecular flexibility index (Phi) is 4.12. The van der Waals surface area contributed by atoms with Crippen LogP contribution in [0.15, 0.2) is 48.9 Å². The Balaban J connectivity index is 1.64. The van der Waals surface area contributed by atoms with E-state index in [2.05, 4.69) is 25.3 Å². The molecule has 0 saturated heterocycles. The maximum atomic E-state index is 14.5. The number of carbonyl (C=O) groups is 1. The summed E-state index contributed by atoms with van der Waals surface area (Å²) in [5, 5.41) is 3.63. The van der Waals surface area contributed by atoms with E-state index in [4.69, 9.17) is 0 Å². The van der Waals surface area contributed by atoms with E-state index in [1.807, 2.05) is 32.0 Å². The topological polar surface area (TPSA) is 83.6 Å². The number of aromatic amines is 1. The number of H-pyrrole nitrogens is 1. The van der Waals surface area contributed by atoms with Crippen LogP contribution >= 0.6 is 0 Å². The molecule has 0 saturated carbocycles. The van der Waals surface area contributed by atoms with Crippen molar-refractivity contribution in [1.29, 1.82) is 0 Å². The zero-order chi connectivity index (χ0) is 19.0. The normalized spacial score (nSPS) is 10.9. The molecular weight excluding hydrogens is 345 g/mol. The van der Waals surface area contributed by atoms with Gasteiger partial charge in [-0.25, -0.2) is 9.97 Å². The van der Waals surface area contributed by atoms with Crippen LogP contribution < -0.4 is 5.32 Å². The SMILES string of the molecule is Cc1cnc2[nH]cc(C(=O)c3ccc(Nc4ccc(C)nc4)nc3F)c2c1. The Morgan fingerprint density at radius 1 is 1.07 bits per heavy atom. The van der Waals surface area contributed by atoms with Gasteiger partial charge in [-0.05, 0) is 49.7 Å². The number of hydrogen-bond donors (Lipinski definition) is 2. The van der Waals surface area contributed by atoms with Crippen molar-refractivity contribution in [3.63, 3.8) is 0 Å². The van der Waals surface area contributed by atoms with Gasteiger partial charge in [0.1, 0.15) is 11.5 Å². The summed E-state index contributed by atoms with van der Waals surface area (Å²) in [5.41, 5.74) is 3.34. The predicted molar refractivity (Wildman–Crippen MR) is 101 cm³/mol. The average molecular weight is 361 g/mol. The summed E-state index contributed by atoms with van der Waals surface area (Å²) in [5.74, 6) is -0.978. The fraction of sp³-hybridized carbons (Fsp3) is 0.100. The zero-order valence-corrected chi connectivity index (χ0v) is 14.7. The molecule has 4 rings (SSSR count). The number of nitrogens with one attached hydrogen (secondary N) is 2. The van der Waals surface area contributed by atoms with Crippen molar-refractivity contribution < 1.29 is 9.18 Å². The molecule has 0 aliphatic rings. The molecule has 7 heteroatoms. The number of hydrogen-bond acceptors (Lipinski definition) is 5. The summed E-state index contributed by atoms with van der Waals surface area (Å²) >= 11 is 0. The van der Waals surface area contributed by atoms with Crippen LogP contribution in [0.2, 0.25) is 0 Å². The molecule has 0 unspecified atom stereocenters. The van der Waals surface area contributed by atoms with E-state index in [-0.39, 0.29) is 5.56 Å². The Morgan fingerprint density at radius 3 is 2.67 bits per heavy atom. The second-order valence-corrected chi connectivity index (χ2v) is 6.29. The molecule has 4 heterocycles. The molecule has 0 bridgehead atoms. The summed E-state index contributed by atoms with van der Waals surface area (Å²) in [6.45, 7) is 3.76. The molecule has 2 N–H and O–H groups in total. The molecule has 27 heavy (non-hydrogen) atoms. The summed E-state index contributed by atoms with van der Waals surface area (Å²) in [6, 6.07) is 8.49. The maximum absolute atomic E-state index is 14.5. The molecule has 134 valence electrons. The smallest absolute Gasteiger partial charge is 0.226 e. The number of anilines is 2. The van der Waals surface area contributed by atoms with Crippen LogP contribution in [0.25, 0.3) is 11.0 Å². The van der Waals surface area contributed by atoms with Crippen molar-refractivity contribution in [3.8, 4) is 0 Å². The molecule has 4 aromatic rings. The van der Waals surface area contributed by atoms with Crippen LogP contribution in [0.1, 0.15) is 27.2 Å². The lowest BCUT2D eigenvalue weighted by Crippen LogP contribution is -2.07. The Labute approximate surface area is 154 Å².